The lowest BCUT2D eigenvalue weighted by Gasteiger charge is -2.16. The molecule has 3 aromatic rings. The van der Waals surface area contributed by atoms with Gasteiger partial charge >= 0.3 is 6.09 Å². The number of benzene rings is 1. The first-order valence-corrected chi connectivity index (χ1v) is 13.6. The highest BCUT2D eigenvalue weighted by Crippen LogP contribution is 2.42. The lowest BCUT2D eigenvalue weighted by Crippen LogP contribution is -2.30. The Labute approximate surface area is 203 Å². The SMILES string of the molecule is CCOC(=O)NS(=O)(=O)c1sc(CC(C)C)c(C)c1-c1ccc([C@H]2CCc3nccn32)c(F)c1. The van der Waals surface area contributed by atoms with Crippen LogP contribution < -0.4 is 4.72 Å². The van der Waals surface area contributed by atoms with Gasteiger partial charge in [-0.15, -0.1) is 11.3 Å². The minimum atomic E-state index is -4.21. The van der Waals surface area contributed by atoms with E-state index in [1.54, 1.807) is 25.3 Å². The Morgan fingerprint density at radius 3 is 2.82 bits per heavy atom. The Balaban J connectivity index is 1.78. The molecule has 4 rings (SSSR count). The molecule has 3 heterocycles. The fraction of sp³-hybridized carbons (Fsp3) is 0.417. The van der Waals surface area contributed by atoms with Crippen molar-refractivity contribution in [3.05, 3.63) is 58.2 Å². The molecule has 2 aromatic heterocycles. The van der Waals surface area contributed by atoms with E-state index in [2.05, 4.69) is 4.98 Å². The molecule has 1 aromatic carbocycles. The Bertz CT molecular complexity index is 1330. The lowest BCUT2D eigenvalue weighted by atomic mass is 9.97. The van der Waals surface area contributed by atoms with Gasteiger partial charge in [0.15, 0.2) is 0 Å². The van der Waals surface area contributed by atoms with Crippen molar-refractivity contribution in [2.75, 3.05) is 6.61 Å². The summed E-state index contributed by atoms with van der Waals surface area (Å²) in [7, 11) is -4.21. The standard InChI is InChI=1S/C24H28FN3O4S2/c1-5-32-24(29)27-34(30,31)23-22(15(4)20(33-23)12-14(2)3)16-6-7-17(18(25)13-16)19-8-9-21-26-10-11-28(19)21/h6-7,10-11,13-14,19H,5,8-9,12H2,1-4H3,(H,27,29)/t19-/m1/s1. The normalized spacial score (nSPS) is 15.5. The largest absolute Gasteiger partial charge is 0.449 e. The number of rotatable bonds is 7. The third-order valence-electron chi connectivity index (χ3n) is 5.92. The number of carbonyl (C=O) groups is 1. The van der Waals surface area contributed by atoms with Crippen molar-refractivity contribution >= 4 is 27.5 Å². The third-order valence-corrected chi connectivity index (χ3v) is 9.06. The number of aryl methyl sites for hydroxylation is 1. The zero-order valence-electron chi connectivity index (χ0n) is 19.6. The average Bonchev–Trinajstić information content (AvgIpc) is 3.43. The number of imidazole rings is 1. The van der Waals surface area contributed by atoms with E-state index in [1.165, 1.54) is 6.07 Å². The van der Waals surface area contributed by atoms with Gasteiger partial charge < -0.3 is 9.30 Å². The molecule has 0 aliphatic carbocycles. The molecule has 0 saturated heterocycles. The van der Waals surface area contributed by atoms with Crippen molar-refractivity contribution in [1.82, 2.24) is 14.3 Å². The number of thiophene rings is 1. The number of aromatic nitrogens is 2. The van der Waals surface area contributed by atoms with E-state index >= 15 is 4.39 Å². The fourth-order valence-corrected chi connectivity index (χ4v) is 7.47. The Kier molecular flexibility index (Phi) is 6.82. The van der Waals surface area contributed by atoms with E-state index < -0.39 is 21.9 Å². The molecule has 10 heteroatoms. The fourth-order valence-electron chi connectivity index (χ4n) is 4.42. The van der Waals surface area contributed by atoms with Gasteiger partial charge in [-0.1, -0.05) is 26.0 Å². The van der Waals surface area contributed by atoms with Crippen molar-refractivity contribution in [2.45, 2.75) is 57.2 Å². The van der Waals surface area contributed by atoms with Gasteiger partial charge in [0, 0.05) is 34.8 Å². The van der Waals surface area contributed by atoms with Crippen LogP contribution in [0.2, 0.25) is 0 Å². The number of halogens is 1. The number of amides is 1. The summed E-state index contributed by atoms with van der Waals surface area (Å²) in [5.74, 6) is 0.824. The molecule has 1 amide bonds. The second-order valence-corrected chi connectivity index (χ2v) is 11.8. The number of hydrogen-bond acceptors (Lipinski definition) is 6. The topological polar surface area (TPSA) is 90.3 Å². The molecule has 0 saturated carbocycles. The van der Waals surface area contributed by atoms with Crippen LogP contribution in [0.15, 0.2) is 34.8 Å². The smallest absolute Gasteiger partial charge is 0.421 e. The Morgan fingerprint density at radius 2 is 2.15 bits per heavy atom. The molecule has 182 valence electrons. The molecular weight excluding hydrogens is 477 g/mol. The number of carbonyl (C=O) groups excluding carboxylic acids is 1. The Hall–Kier alpha value is -2.72. The van der Waals surface area contributed by atoms with Gasteiger partial charge in [0.25, 0.3) is 10.0 Å². The zero-order valence-corrected chi connectivity index (χ0v) is 21.2. The van der Waals surface area contributed by atoms with Gasteiger partial charge in [-0.3, -0.25) is 0 Å². The molecule has 7 nitrogen and oxygen atoms in total. The summed E-state index contributed by atoms with van der Waals surface area (Å²) in [5.41, 5.74) is 2.19. The van der Waals surface area contributed by atoms with Crippen LogP contribution in [0.25, 0.3) is 11.1 Å². The van der Waals surface area contributed by atoms with Crippen LogP contribution in [0.1, 0.15) is 55.1 Å². The molecule has 0 spiro atoms. The Morgan fingerprint density at radius 1 is 1.38 bits per heavy atom. The summed E-state index contributed by atoms with van der Waals surface area (Å²) in [6, 6.07) is 4.73. The maximum absolute atomic E-state index is 15.4. The monoisotopic (exact) mass is 505 g/mol. The quantitative estimate of drug-likeness (QED) is 0.475. The predicted molar refractivity (Wildman–Crippen MR) is 129 cm³/mol. The second-order valence-electron chi connectivity index (χ2n) is 8.78. The van der Waals surface area contributed by atoms with E-state index in [9.17, 15) is 13.2 Å². The maximum atomic E-state index is 15.4. The third kappa shape index (κ3) is 4.61. The lowest BCUT2D eigenvalue weighted by molar-refractivity contribution is 0.158. The van der Waals surface area contributed by atoms with E-state index in [-0.39, 0.29) is 16.9 Å². The first kappa shape index (κ1) is 24.4. The molecule has 1 aliphatic rings. The van der Waals surface area contributed by atoms with Gasteiger partial charge in [0.05, 0.1) is 12.6 Å². The molecule has 1 atom stereocenters. The van der Waals surface area contributed by atoms with Crippen molar-refractivity contribution in [3.8, 4) is 11.1 Å². The van der Waals surface area contributed by atoms with E-state index in [4.69, 9.17) is 4.74 Å². The van der Waals surface area contributed by atoms with Gasteiger partial charge in [-0.05, 0) is 49.8 Å². The average molecular weight is 506 g/mol. The summed E-state index contributed by atoms with van der Waals surface area (Å²) >= 11 is 1.11. The van der Waals surface area contributed by atoms with Crippen LogP contribution in [0.4, 0.5) is 9.18 Å². The van der Waals surface area contributed by atoms with Crippen molar-refractivity contribution in [1.29, 1.82) is 0 Å². The summed E-state index contributed by atoms with van der Waals surface area (Å²) in [5, 5.41) is 0. The van der Waals surface area contributed by atoms with Gasteiger partial charge in [0.1, 0.15) is 15.9 Å². The molecular formula is C24H28FN3O4S2. The highest BCUT2D eigenvalue weighted by atomic mass is 32.2. The van der Waals surface area contributed by atoms with Crippen LogP contribution in [0.5, 0.6) is 0 Å². The summed E-state index contributed by atoms with van der Waals surface area (Å²) < 4.78 is 50.4. The van der Waals surface area contributed by atoms with E-state index in [1.807, 2.05) is 36.3 Å². The molecule has 0 unspecified atom stereocenters. The highest BCUT2D eigenvalue weighted by Gasteiger charge is 2.30. The van der Waals surface area contributed by atoms with Crippen LogP contribution in [0, 0.1) is 18.7 Å². The molecule has 1 N–H and O–H groups in total. The number of nitrogens with one attached hydrogen (secondary N) is 1. The summed E-state index contributed by atoms with van der Waals surface area (Å²) in [4.78, 5) is 17.1. The van der Waals surface area contributed by atoms with Gasteiger partial charge in [-0.25, -0.2) is 27.3 Å². The van der Waals surface area contributed by atoms with Crippen molar-refractivity contribution < 1.29 is 22.3 Å². The van der Waals surface area contributed by atoms with Crippen molar-refractivity contribution in [3.63, 3.8) is 0 Å². The molecule has 0 bridgehead atoms. The van der Waals surface area contributed by atoms with Crippen LogP contribution in [0.3, 0.4) is 0 Å². The van der Waals surface area contributed by atoms with Crippen LogP contribution in [-0.2, 0) is 27.6 Å². The number of ether oxygens (including phenoxy) is 1. The van der Waals surface area contributed by atoms with Gasteiger partial charge in [0.2, 0.25) is 0 Å². The van der Waals surface area contributed by atoms with E-state index in [0.29, 0.717) is 29.0 Å². The highest BCUT2D eigenvalue weighted by molar-refractivity contribution is 7.92. The van der Waals surface area contributed by atoms with Crippen molar-refractivity contribution in [2.24, 2.45) is 5.92 Å². The molecule has 0 radical (unpaired) electrons. The molecule has 0 fully saturated rings. The zero-order chi connectivity index (χ0) is 24.6. The van der Waals surface area contributed by atoms with E-state index in [0.717, 1.165) is 40.4 Å². The van der Waals surface area contributed by atoms with Crippen LogP contribution >= 0.6 is 11.3 Å². The second kappa shape index (κ2) is 9.50. The summed E-state index contributed by atoms with van der Waals surface area (Å²) in [6.45, 7) is 7.57. The minimum Gasteiger partial charge on any atom is -0.449 e. The van der Waals surface area contributed by atoms with Crippen LogP contribution in [-0.4, -0.2) is 30.7 Å². The number of hydrogen-bond donors (Lipinski definition) is 1. The maximum Gasteiger partial charge on any atom is 0.421 e. The molecule has 1 aliphatic heterocycles. The molecule has 34 heavy (non-hydrogen) atoms. The van der Waals surface area contributed by atoms with Gasteiger partial charge in [-0.2, -0.15) is 0 Å². The minimum absolute atomic E-state index is 0.0152. The number of nitrogens with zero attached hydrogens (tertiary/aromatic N) is 2. The summed E-state index contributed by atoms with van der Waals surface area (Å²) in [6.07, 6.45) is 4.75. The predicted octanol–water partition coefficient (Wildman–Crippen LogP) is 5.23. The first-order chi connectivity index (χ1) is 16.1. The first-order valence-electron chi connectivity index (χ1n) is 11.3. The number of sulfonamides is 1. The number of fused-ring (bicyclic) bond motifs is 1.